The maximum atomic E-state index is 5.51. The van der Waals surface area contributed by atoms with Crippen molar-refractivity contribution >= 4 is 86.4 Å². The SMILES string of the molecule is Cc1c(-c2ccc3ccc4ccccc4c3c2)nc(-c2ccccc2)nc1-n1c2ccc3ccccc3c2c2c3c4ccccc4c4ccccc4c3ccc21. The highest BCUT2D eigenvalue weighted by Gasteiger charge is 2.24. The van der Waals surface area contributed by atoms with Gasteiger partial charge in [0, 0.05) is 32.8 Å². The molecule has 3 heteroatoms. The molecule has 0 aliphatic heterocycles. The molecule has 260 valence electrons. The van der Waals surface area contributed by atoms with E-state index in [0.717, 1.165) is 39.2 Å². The zero-order chi connectivity index (χ0) is 36.9. The van der Waals surface area contributed by atoms with E-state index in [9.17, 15) is 0 Å². The van der Waals surface area contributed by atoms with Crippen molar-refractivity contribution in [3.8, 4) is 28.5 Å². The minimum Gasteiger partial charge on any atom is -0.293 e. The highest BCUT2D eigenvalue weighted by atomic mass is 15.1. The summed E-state index contributed by atoms with van der Waals surface area (Å²) in [6.07, 6.45) is 0. The van der Waals surface area contributed by atoms with Gasteiger partial charge in [0.25, 0.3) is 0 Å². The Morgan fingerprint density at radius 1 is 0.357 bits per heavy atom. The van der Waals surface area contributed by atoms with E-state index in [1.54, 1.807) is 0 Å². The van der Waals surface area contributed by atoms with Crippen LogP contribution < -0.4 is 0 Å². The Morgan fingerprint density at radius 3 is 1.62 bits per heavy atom. The summed E-state index contributed by atoms with van der Waals surface area (Å²) < 4.78 is 2.41. The summed E-state index contributed by atoms with van der Waals surface area (Å²) in [5.41, 5.74) is 6.26. The van der Waals surface area contributed by atoms with E-state index in [2.05, 4.69) is 187 Å². The predicted molar refractivity (Wildman–Crippen MR) is 237 cm³/mol. The molecule has 2 heterocycles. The highest BCUT2D eigenvalue weighted by molar-refractivity contribution is 6.37. The van der Waals surface area contributed by atoms with E-state index in [4.69, 9.17) is 9.97 Å². The highest BCUT2D eigenvalue weighted by Crippen LogP contribution is 2.46. The lowest BCUT2D eigenvalue weighted by Crippen LogP contribution is -2.06. The molecular weight excluding hydrogens is 679 g/mol. The van der Waals surface area contributed by atoms with Crippen LogP contribution in [0.15, 0.2) is 182 Å². The topological polar surface area (TPSA) is 30.7 Å². The van der Waals surface area contributed by atoms with E-state index in [0.29, 0.717) is 5.82 Å². The maximum Gasteiger partial charge on any atom is 0.162 e. The molecule has 12 rings (SSSR count). The van der Waals surface area contributed by atoms with Gasteiger partial charge in [-0.1, -0.05) is 164 Å². The third kappa shape index (κ3) is 4.40. The summed E-state index contributed by atoms with van der Waals surface area (Å²) in [4.78, 5) is 10.9. The van der Waals surface area contributed by atoms with Crippen molar-refractivity contribution in [1.82, 2.24) is 14.5 Å². The molecule has 0 bridgehead atoms. The first-order valence-corrected chi connectivity index (χ1v) is 19.3. The van der Waals surface area contributed by atoms with Gasteiger partial charge in [-0.2, -0.15) is 0 Å². The molecule has 0 amide bonds. The summed E-state index contributed by atoms with van der Waals surface area (Å²) in [6, 6.07) is 65.9. The number of rotatable bonds is 3. The Hall–Kier alpha value is -7.36. The van der Waals surface area contributed by atoms with Crippen LogP contribution in [0.5, 0.6) is 0 Å². The molecule has 0 saturated heterocycles. The number of hydrogen-bond donors (Lipinski definition) is 0. The average molecular weight is 712 g/mol. The first-order chi connectivity index (χ1) is 27.7. The first kappa shape index (κ1) is 31.0. The van der Waals surface area contributed by atoms with Crippen molar-refractivity contribution in [2.45, 2.75) is 6.92 Å². The van der Waals surface area contributed by atoms with Crippen molar-refractivity contribution in [1.29, 1.82) is 0 Å². The van der Waals surface area contributed by atoms with E-state index in [1.165, 1.54) is 75.4 Å². The lowest BCUT2D eigenvalue weighted by molar-refractivity contribution is 1.02. The fraction of sp³-hybridized carbons (Fsp3) is 0.0189. The van der Waals surface area contributed by atoms with E-state index in [-0.39, 0.29) is 0 Å². The molecule has 56 heavy (non-hydrogen) atoms. The number of fused-ring (bicyclic) bond motifs is 15. The van der Waals surface area contributed by atoms with Gasteiger partial charge in [-0.3, -0.25) is 4.57 Å². The molecule has 3 nitrogen and oxygen atoms in total. The van der Waals surface area contributed by atoms with Crippen LogP contribution in [-0.4, -0.2) is 14.5 Å². The zero-order valence-corrected chi connectivity index (χ0v) is 30.7. The molecule has 2 aromatic heterocycles. The minimum atomic E-state index is 0.701. The number of aromatic nitrogens is 3. The maximum absolute atomic E-state index is 5.51. The molecule has 0 saturated carbocycles. The van der Waals surface area contributed by atoms with Crippen LogP contribution in [-0.2, 0) is 0 Å². The summed E-state index contributed by atoms with van der Waals surface area (Å²) in [5, 5.41) is 17.4. The smallest absolute Gasteiger partial charge is 0.162 e. The predicted octanol–water partition coefficient (Wildman–Crippen LogP) is 14.1. The van der Waals surface area contributed by atoms with Gasteiger partial charge < -0.3 is 0 Å². The Labute approximate surface area is 322 Å². The van der Waals surface area contributed by atoms with Gasteiger partial charge in [0.15, 0.2) is 5.82 Å². The van der Waals surface area contributed by atoms with Crippen molar-refractivity contribution in [3.05, 3.63) is 188 Å². The van der Waals surface area contributed by atoms with Crippen molar-refractivity contribution in [3.63, 3.8) is 0 Å². The molecule has 12 aromatic rings. The molecule has 0 aliphatic rings. The second kappa shape index (κ2) is 11.8. The Bertz CT molecular complexity index is 3560. The van der Waals surface area contributed by atoms with Gasteiger partial charge in [-0.15, -0.1) is 0 Å². The summed E-state index contributed by atoms with van der Waals surface area (Å²) in [7, 11) is 0. The van der Waals surface area contributed by atoms with Crippen LogP contribution >= 0.6 is 0 Å². The largest absolute Gasteiger partial charge is 0.293 e. The van der Waals surface area contributed by atoms with Crippen LogP contribution in [0.25, 0.3) is 115 Å². The molecule has 0 N–H and O–H groups in total. The minimum absolute atomic E-state index is 0.701. The van der Waals surface area contributed by atoms with Gasteiger partial charge >= 0.3 is 0 Å². The standard InChI is InChI=1S/C53H33N3/c1-32-51(37-26-25-35-24-23-33-13-5-7-17-38(33)45(35)31-37)54-52(36-15-3-2-4-16-36)55-53(32)56-46-29-27-34-14-6-8-18-39(34)49(46)50-47(56)30-28-44-42-21-10-9-19-40(42)41-20-11-12-22-43(41)48(44)50/h2-31H,1H3. The Morgan fingerprint density at radius 2 is 0.875 bits per heavy atom. The molecular formula is C53H33N3. The third-order valence-electron chi connectivity index (χ3n) is 11.9. The van der Waals surface area contributed by atoms with Gasteiger partial charge in [-0.05, 0) is 84.4 Å². The van der Waals surface area contributed by atoms with Crippen molar-refractivity contribution in [2.24, 2.45) is 0 Å². The quantitative estimate of drug-likeness (QED) is 0.171. The molecule has 0 atom stereocenters. The van der Waals surface area contributed by atoms with Crippen LogP contribution in [0.2, 0.25) is 0 Å². The summed E-state index contributed by atoms with van der Waals surface area (Å²) >= 11 is 0. The van der Waals surface area contributed by atoms with Crippen LogP contribution in [0.1, 0.15) is 5.56 Å². The summed E-state index contributed by atoms with van der Waals surface area (Å²) in [6.45, 7) is 2.19. The molecule has 0 spiro atoms. The molecule has 0 fully saturated rings. The van der Waals surface area contributed by atoms with Gasteiger partial charge in [0.2, 0.25) is 0 Å². The normalized spacial score (nSPS) is 12.0. The Kier molecular flexibility index (Phi) is 6.55. The van der Waals surface area contributed by atoms with E-state index >= 15 is 0 Å². The van der Waals surface area contributed by atoms with Crippen LogP contribution in [0.3, 0.4) is 0 Å². The van der Waals surface area contributed by atoms with Crippen LogP contribution in [0.4, 0.5) is 0 Å². The second-order valence-electron chi connectivity index (χ2n) is 14.9. The van der Waals surface area contributed by atoms with Gasteiger partial charge in [0.1, 0.15) is 5.82 Å². The van der Waals surface area contributed by atoms with Gasteiger partial charge in [-0.25, -0.2) is 9.97 Å². The van der Waals surface area contributed by atoms with E-state index in [1.807, 2.05) is 6.07 Å². The molecule has 0 aliphatic carbocycles. The zero-order valence-electron chi connectivity index (χ0n) is 30.7. The molecule has 0 radical (unpaired) electrons. The van der Waals surface area contributed by atoms with Crippen molar-refractivity contribution < 1.29 is 0 Å². The van der Waals surface area contributed by atoms with E-state index < -0.39 is 0 Å². The average Bonchev–Trinajstić information content (AvgIpc) is 3.61. The number of benzene rings is 10. The lowest BCUT2D eigenvalue weighted by Gasteiger charge is -2.17. The third-order valence-corrected chi connectivity index (χ3v) is 11.9. The monoisotopic (exact) mass is 711 g/mol. The Balaban J connectivity index is 1.25. The van der Waals surface area contributed by atoms with Crippen molar-refractivity contribution in [2.75, 3.05) is 0 Å². The molecule has 10 aromatic carbocycles. The number of nitrogens with zero attached hydrogens (tertiary/aromatic N) is 3. The number of hydrogen-bond acceptors (Lipinski definition) is 2. The second-order valence-corrected chi connectivity index (χ2v) is 14.9. The lowest BCUT2D eigenvalue weighted by atomic mass is 9.91. The fourth-order valence-electron chi connectivity index (χ4n) is 9.36. The van der Waals surface area contributed by atoms with Gasteiger partial charge in [0.05, 0.1) is 16.7 Å². The summed E-state index contributed by atoms with van der Waals surface area (Å²) in [5.74, 6) is 1.58. The fourth-order valence-corrected chi connectivity index (χ4v) is 9.36. The first-order valence-electron chi connectivity index (χ1n) is 19.3. The van der Waals surface area contributed by atoms with Crippen LogP contribution in [0, 0.1) is 6.92 Å². The molecule has 0 unspecified atom stereocenters.